The van der Waals surface area contributed by atoms with Crippen LogP contribution in [0, 0.1) is 6.92 Å². The van der Waals surface area contributed by atoms with Crippen LogP contribution >= 0.6 is 0 Å². The predicted molar refractivity (Wildman–Crippen MR) is 136 cm³/mol. The van der Waals surface area contributed by atoms with Crippen molar-refractivity contribution in [3.63, 3.8) is 0 Å². The van der Waals surface area contributed by atoms with Crippen LogP contribution in [0.1, 0.15) is 44.1 Å². The van der Waals surface area contributed by atoms with E-state index in [0.29, 0.717) is 29.6 Å². The third kappa shape index (κ3) is 4.79. The molecule has 1 saturated heterocycles. The van der Waals surface area contributed by atoms with Crippen LogP contribution in [-0.2, 0) is 11.8 Å². The van der Waals surface area contributed by atoms with Crippen molar-refractivity contribution in [2.45, 2.75) is 45.6 Å². The Hall–Kier alpha value is -4.21. The van der Waals surface area contributed by atoms with Gasteiger partial charge in [-0.15, -0.1) is 5.10 Å². The second kappa shape index (κ2) is 9.80. The van der Waals surface area contributed by atoms with E-state index in [9.17, 15) is 4.79 Å². The molecular formula is C26H29N9O. The zero-order valence-corrected chi connectivity index (χ0v) is 20.9. The molecule has 1 aromatic carbocycles. The normalized spacial score (nSPS) is 17.7. The molecule has 4 aromatic rings. The molecule has 10 heteroatoms. The van der Waals surface area contributed by atoms with E-state index in [1.54, 1.807) is 30.2 Å². The summed E-state index contributed by atoms with van der Waals surface area (Å²) in [5.41, 5.74) is 5.01. The highest BCUT2D eigenvalue weighted by Gasteiger charge is 2.30. The van der Waals surface area contributed by atoms with Crippen LogP contribution in [0.15, 0.2) is 48.9 Å². The highest BCUT2D eigenvalue weighted by Crippen LogP contribution is 2.31. The molecule has 0 spiro atoms. The van der Waals surface area contributed by atoms with Gasteiger partial charge in [-0.05, 0) is 38.8 Å². The van der Waals surface area contributed by atoms with Gasteiger partial charge in [-0.1, -0.05) is 17.3 Å². The van der Waals surface area contributed by atoms with E-state index < -0.39 is 0 Å². The number of piperidine rings is 1. The first-order chi connectivity index (χ1) is 17.4. The van der Waals surface area contributed by atoms with Crippen molar-refractivity contribution in [3.05, 3.63) is 60.4 Å². The molecule has 1 aliphatic rings. The average molecular weight is 484 g/mol. The number of aromatic nitrogens is 7. The molecular weight excluding hydrogens is 454 g/mol. The number of nitrogens with one attached hydrogen (secondary N) is 1. The summed E-state index contributed by atoms with van der Waals surface area (Å²) in [5, 5.41) is 11.9. The second-order valence-corrected chi connectivity index (χ2v) is 9.23. The maximum absolute atomic E-state index is 12.2. The molecule has 1 fully saturated rings. The SMILES string of the molecule is CC(=O)N1C[C@H](c2nc(Nc3cccc(-c4nnn(C)c4C)c3)cc(-c3cnccn3)n2)CC[C@@H]1C. The van der Waals surface area contributed by atoms with E-state index in [4.69, 9.17) is 9.97 Å². The first-order valence-electron chi connectivity index (χ1n) is 12.1. The number of rotatable bonds is 5. The highest BCUT2D eigenvalue weighted by molar-refractivity contribution is 5.74. The van der Waals surface area contributed by atoms with E-state index in [2.05, 4.69) is 32.5 Å². The van der Waals surface area contributed by atoms with Crippen molar-refractivity contribution in [3.8, 4) is 22.6 Å². The van der Waals surface area contributed by atoms with Crippen LogP contribution in [0.2, 0.25) is 0 Å². The van der Waals surface area contributed by atoms with Gasteiger partial charge in [-0.25, -0.2) is 9.97 Å². The molecule has 10 nitrogen and oxygen atoms in total. The molecule has 1 amide bonds. The summed E-state index contributed by atoms with van der Waals surface area (Å²) in [6.45, 7) is 6.30. The van der Waals surface area contributed by atoms with E-state index in [0.717, 1.165) is 35.5 Å². The molecule has 0 unspecified atom stereocenters. The standard InChI is InChI=1S/C26H29N9O/c1-16-8-9-20(15-35(16)18(3)36)26-30-22(23-14-27-10-11-28-23)13-24(31-26)29-21-7-5-6-19(12-21)25-17(2)34(4)33-32-25/h5-7,10-14,16,20H,8-9,15H2,1-4H3,(H,29,30,31)/t16-,20+/m0/s1. The van der Waals surface area contributed by atoms with Crippen molar-refractivity contribution in [1.82, 2.24) is 39.8 Å². The quantitative estimate of drug-likeness (QED) is 0.455. The Morgan fingerprint density at radius 2 is 1.97 bits per heavy atom. The summed E-state index contributed by atoms with van der Waals surface area (Å²) >= 11 is 0. The molecule has 5 rings (SSSR count). The number of aryl methyl sites for hydroxylation is 1. The number of amides is 1. The number of anilines is 2. The van der Waals surface area contributed by atoms with Crippen LogP contribution in [0.5, 0.6) is 0 Å². The molecule has 0 saturated carbocycles. The maximum Gasteiger partial charge on any atom is 0.219 e. The Morgan fingerprint density at radius 3 is 2.69 bits per heavy atom. The van der Waals surface area contributed by atoms with Crippen molar-refractivity contribution in [1.29, 1.82) is 0 Å². The zero-order valence-electron chi connectivity index (χ0n) is 20.9. The summed E-state index contributed by atoms with van der Waals surface area (Å²) < 4.78 is 1.76. The fourth-order valence-corrected chi connectivity index (χ4v) is 4.59. The lowest BCUT2D eigenvalue weighted by atomic mass is 9.92. The summed E-state index contributed by atoms with van der Waals surface area (Å²) in [4.78, 5) is 32.5. The smallest absolute Gasteiger partial charge is 0.219 e. The Morgan fingerprint density at radius 1 is 1.11 bits per heavy atom. The monoisotopic (exact) mass is 483 g/mol. The molecule has 4 heterocycles. The minimum Gasteiger partial charge on any atom is -0.340 e. The minimum absolute atomic E-state index is 0.0378. The lowest BCUT2D eigenvalue weighted by Crippen LogP contribution is -2.44. The van der Waals surface area contributed by atoms with Gasteiger partial charge in [0.2, 0.25) is 5.91 Å². The van der Waals surface area contributed by atoms with Gasteiger partial charge < -0.3 is 10.2 Å². The number of hydrogen-bond donors (Lipinski definition) is 1. The van der Waals surface area contributed by atoms with Crippen LogP contribution in [0.25, 0.3) is 22.6 Å². The molecule has 2 atom stereocenters. The summed E-state index contributed by atoms with van der Waals surface area (Å²) in [5.74, 6) is 1.46. The third-order valence-corrected chi connectivity index (χ3v) is 6.74. The Balaban J connectivity index is 1.50. The van der Waals surface area contributed by atoms with Crippen molar-refractivity contribution in [2.24, 2.45) is 7.05 Å². The van der Waals surface area contributed by atoms with Crippen LogP contribution in [0.4, 0.5) is 11.5 Å². The molecule has 0 bridgehead atoms. The summed E-state index contributed by atoms with van der Waals surface area (Å²) in [6, 6.07) is 10.1. The number of likely N-dealkylation sites (tertiary alicyclic amines) is 1. The maximum atomic E-state index is 12.2. The van der Waals surface area contributed by atoms with Gasteiger partial charge in [0.15, 0.2) is 0 Å². The van der Waals surface area contributed by atoms with Gasteiger partial charge in [0.1, 0.15) is 23.0 Å². The van der Waals surface area contributed by atoms with Gasteiger partial charge in [0.05, 0.1) is 17.6 Å². The molecule has 3 aromatic heterocycles. The van der Waals surface area contributed by atoms with Gasteiger partial charge >= 0.3 is 0 Å². The fraction of sp³-hybridized carbons (Fsp3) is 0.346. The largest absolute Gasteiger partial charge is 0.340 e. The van der Waals surface area contributed by atoms with Crippen LogP contribution in [-0.4, -0.2) is 58.3 Å². The van der Waals surface area contributed by atoms with Crippen molar-refractivity contribution >= 4 is 17.4 Å². The van der Waals surface area contributed by atoms with Crippen LogP contribution in [0.3, 0.4) is 0 Å². The number of nitrogens with zero attached hydrogens (tertiary/aromatic N) is 8. The molecule has 1 aliphatic heterocycles. The third-order valence-electron chi connectivity index (χ3n) is 6.74. The Labute approximate surface area is 209 Å². The van der Waals surface area contributed by atoms with Crippen molar-refractivity contribution in [2.75, 3.05) is 11.9 Å². The number of benzene rings is 1. The van der Waals surface area contributed by atoms with Gasteiger partial charge in [-0.2, -0.15) is 0 Å². The number of hydrogen-bond acceptors (Lipinski definition) is 8. The van der Waals surface area contributed by atoms with Crippen LogP contribution < -0.4 is 5.32 Å². The molecule has 1 N–H and O–H groups in total. The first kappa shape index (κ1) is 23.5. The highest BCUT2D eigenvalue weighted by atomic mass is 16.2. The van der Waals surface area contributed by atoms with E-state index in [-0.39, 0.29) is 17.9 Å². The predicted octanol–water partition coefficient (Wildman–Crippen LogP) is 3.90. The van der Waals surface area contributed by atoms with E-state index in [1.165, 1.54) is 0 Å². The van der Waals surface area contributed by atoms with E-state index >= 15 is 0 Å². The Kier molecular flexibility index (Phi) is 6.41. The first-order valence-corrected chi connectivity index (χ1v) is 12.1. The van der Waals surface area contributed by atoms with Crippen molar-refractivity contribution < 1.29 is 4.79 Å². The molecule has 0 radical (unpaired) electrons. The molecule has 36 heavy (non-hydrogen) atoms. The summed E-state index contributed by atoms with van der Waals surface area (Å²) in [6.07, 6.45) is 6.80. The van der Waals surface area contributed by atoms with Gasteiger partial charge in [-0.3, -0.25) is 19.4 Å². The average Bonchev–Trinajstić information content (AvgIpc) is 3.22. The second-order valence-electron chi connectivity index (χ2n) is 9.23. The summed E-state index contributed by atoms with van der Waals surface area (Å²) in [7, 11) is 1.88. The lowest BCUT2D eigenvalue weighted by Gasteiger charge is -2.37. The van der Waals surface area contributed by atoms with E-state index in [1.807, 2.05) is 49.2 Å². The fourth-order valence-electron chi connectivity index (χ4n) is 4.59. The van der Waals surface area contributed by atoms with Gasteiger partial charge in [0, 0.05) is 62.2 Å². The number of carbonyl (C=O) groups excluding carboxylic acids is 1. The molecule has 0 aliphatic carbocycles. The molecule has 184 valence electrons. The Bertz CT molecular complexity index is 1390. The lowest BCUT2D eigenvalue weighted by molar-refractivity contribution is -0.132. The number of carbonyl (C=O) groups is 1. The zero-order chi connectivity index (χ0) is 25.2. The topological polar surface area (TPSA) is 115 Å². The van der Waals surface area contributed by atoms with Gasteiger partial charge in [0.25, 0.3) is 0 Å². The minimum atomic E-state index is 0.0378.